The van der Waals surface area contributed by atoms with Gasteiger partial charge < -0.3 is 9.57 Å². The molecular weight excluding hydrogens is 505 g/mol. The molecule has 178 valence electrons. The van der Waals surface area contributed by atoms with Crippen molar-refractivity contribution in [2.24, 2.45) is 12.2 Å². The Morgan fingerprint density at radius 3 is 1.87 bits per heavy atom. The summed E-state index contributed by atoms with van der Waals surface area (Å²) in [7, 11) is -14.4. The summed E-state index contributed by atoms with van der Waals surface area (Å²) in [4.78, 5) is 4.28. The Morgan fingerprint density at radius 2 is 1.52 bits per heavy atom. The fourth-order valence-corrected chi connectivity index (χ4v) is 7.48. The molecule has 0 aliphatic carbocycles. The van der Waals surface area contributed by atoms with Gasteiger partial charge >= 0.3 is 15.7 Å². The Balaban J connectivity index is 2.73. The van der Waals surface area contributed by atoms with Crippen LogP contribution < -0.4 is 4.74 Å². The molecule has 11 nitrogen and oxygen atoms in total. The van der Waals surface area contributed by atoms with Crippen LogP contribution in [0, 0.1) is 0 Å². The Labute approximate surface area is 172 Å². The fourth-order valence-electron chi connectivity index (χ4n) is 2.67. The summed E-state index contributed by atoms with van der Waals surface area (Å²) in [5.41, 5.74) is -4.48. The molecule has 2 rings (SSSR count). The van der Waals surface area contributed by atoms with E-state index in [2.05, 4.69) is 19.8 Å². The lowest BCUT2D eigenvalue weighted by Gasteiger charge is -2.22. The van der Waals surface area contributed by atoms with Crippen molar-refractivity contribution >= 4 is 34.6 Å². The molecule has 31 heavy (non-hydrogen) atoms. The van der Waals surface area contributed by atoms with Gasteiger partial charge in [-0.15, -0.1) is 0 Å². The van der Waals surface area contributed by atoms with Crippen LogP contribution in [0.1, 0.15) is 17.7 Å². The first kappa shape index (κ1) is 25.2. The highest BCUT2D eigenvalue weighted by atomic mass is 32.3. The average molecular weight is 519 g/mol. The number of sulfone groups is 3. The van der Waals surface area contributed by atoms with Gasteiger partial charge in [0.15, 0.2) is 10.7 Å². The van der Waals surface area contributed by atoms with Gasteiger partial charge in [-0.1, -0.05) is 5.16 Å². The number of rotatable bonds is 5. The largest absolute Gasteiger partial charge is 0.481 e. The molecule has 1 aromatic rings. The molecule has 1 aromatic heterocycles. The summed E-state index contributed by atoms with van der Waals surface area (Å²) in [5.74, 6) is -1.27. The highest BCUT2D eigenvalue weighted by Gasteiger charge is 2.65. The van der Waals surface area contributed by atoms with E-state index in [1.807, 2.05) is 0 Å². The van der Waals surface area contributed by atoms with Crippen molar-refractivity contribution in [3.8, 4) is 5.88 Å². The van der Waals surface area contributed by atoms with Crippen molar-refractivity contribution in [3.63, 3.8) is 0 Å². The van der Waals surface area contributed by atoms with E-state index in [1.54, 1.807) is 0 Å². The smallest absolute Gasteiger partial charge is 0.435 e. The summed E-state index contributed by atoms with van der Waals surface area (Å²) in [6, 6.07) is 0. The minimum atomic E-state index is -6.26. The fraction of sp³-hybridized carbons (Fsp3) is 0.667. The molecule has 0 unspecified atom stereocenters. The maximum absolute atomic E-state index is 15.0. The molecule has 0 fully saturated rings. The summed E-state index contributed by atoms with van der Waals surface area (Å²) >= 11 is 0. The molecule has 0 saturated carbocycles. The van der Waals surface area contributed by atoms with E-state index in [9.17, 15) is 38.4 Å². The van der Waals surface area contributed by atoms with Crippen LogP contribution in [0.2, 0.25) is 0 Å². The van der Waals surface area contributed by atoms with Gasteiger partial charge in [-0.25, -0.2) is 29.9 Å². The van der Waals surface area contributed by atoms with Gasteiger partial charge in [0.05, 0.1) is 13.5 Å². The molecular formula is C12H14F5N3O8S3. The van der Waals surface area contributed by atoms with E-state index in [0.717, 1.165) is 7.05 Å². The molecule has 19 heteroatoms. The number of hydrogen-bond donors (Lipinski definition) is 0. The zero-order valence-electron chi connectivity index (χ0n) is 15.9. The number of halogens is 5. The quantitative estimate of drug-likeness (QED) is 0.503. The van der Waals surface area contributed by atoms with Crippen LogP contribution in [0.5, 0.6) is 5.88 Å². The first-order valence-electron chi connectivity index (χ1n) is 7.60. The van der Waals surface area contributed by atoms with Crippen molar-refractivity contribution in [3.05, 3.63) is 11.3 Å². The molecule has 0 radical (unpaired) electrons. The summed E-state index contributed by atoms with van der Waals surface area (Å²) in [5, 5.41) is -1.72. The van der Waals surface area contributed by atoms with Gasteiger partial charge in [0.1, 0.15) is 5.56 Å². The predicted molar refractivity (Wildman–Crippen MR) is 93.1 cm³/mol. The molecule has 0 atom stereocenters. The van der Waals surface area contributed by atoms with E-state index in [4.69, 9.17) is 0 Å². The molecule has 0 saturated heterocycles. The van der Waals surface area contributed by atoms with Crippen LogP contribution in [-0.4, -0.2) is 64.0 Å². The van der Waals surface area contributed by atoms with Gasteiger partial charge in [-0.05, 0) is 0 Å². The summed E-state index contributed by atoms with van der Waals surface area (Å²) in [6.45, 7) is 0. The predicted octanol–water partition coefficient (Wildman–Crippen LogP) is 0.388. The second-order valence-electron chi connectivity index (χ2n) is 6.35. The first-order chi connectivity index (χ1) is 13.6. The molecule has 1 aliphatic rings. The van der Waals surface area contributed by atoms with Gasteiger partial charge in [0.2, 0.25) is 25.6 Å². The van der Waals surface area contributed by atoms with E-state index in [-0.39, 0.29) is 4.68 Å². The third kappa shape index (κ3) is 3.65. The molecule has 1 aliphatic heterocycles. The van der Waals surface area contributed by atoms with Crippen LogP contribution in [0.3, 0.4) is 0 Å². The number of hydrogen-bond acceptors (Lipinski definition) is 10. The lowest BCUT2D eigenvalue weighted by molar-refractivity contribution is -0.143. The molecule has 2 heterocycles. The normalized spacial score (nSPS) is 17.9. The zero-order chi connectivity index (χ0) is 24.4. The number of alkyl halides is 5. The minimum Gasteiger partial charge on any atom is -0.481 e. The number of nitrogens with zero attached hydrogens (tertiary/aromatic N) is 3. The van der Waals surface area contributed by atoms with E-state index >= 15 is 8.78 Å². The Hall–Kier alpha value is -2.02. The Kier molecular flexibility index (Phi) is 5.69. The van der Waals surface area contributed by atoms with E-state index < -0.39 is 73.8 Å². The Bertz CT molecular complexity index is 1230. The summed E-state index contributed by atoms with van der Waals surface area (Å²) < 4.78 is 144. The van der Waals surface area contributed by atoms with Gasteiger partial charge in [-0.2, -0.15) is 27.1 Å². The summed E-state index contributed by atoms with van der Waals surface area (Å²) in [6.07, 6.45) is -6.61. The standard InChI is InChI=1S/C12H14F5N3O8S3/c1-20-9(27-2)7(8(18-20)11(13,14)15)12(16,17)31(25,26)6-5-10(28-19-6,29(3,21)22)30(4,23)24/h5H2,1-4H3. The highest BCUT2D eigenvalue weighted by molar-refractivity contribution is 8.10. The molecule has 0 bridgehead atoms. The SMILES string of the molecule is COc1c(C(F)(F)S(=O)(=O)C2=NOC(S(C)(=O)=O)(S(C)(=O)=O)C2)c(C(F)(F)F)nn1C. The van der Waals surface area contributed by atoms with Crippen molar-refractivity contribution in [1.82, 2.24) is 9.78 Å². The van der Waals surface area contributed by atoms with Crippen LogP contribution in [0.15, 0.2) is 5.16 Å². The molecule has 0 N–H and O–H groups in total. The van der Waals surface area contributed by atoms with Gasteiger partial charge in [0.25, 0.3) is 9.84 Å². The molecule has 0 amide bonds. The number of aryl methyl sites for hydroxylation is 1. The lowest BCUT2D eigenvalue weighted by atomic mass is 10.2. The maximum Gasteiger partial charge on any atom is 0.435 e. The second kappa shape index (κ2) is 6.99. The first-order valence-corrected chi connectivity index (χ1v) is 12.9. The van der Waals surface area contributed by atoms with Gasteiger partial charge in [0, 0.05) is 19.6 Å². The van der Waals surface area contributed by atoms with Crippen molar-refractivity contribution in [2.75, 3.05) is 19.6 Å². The number of ether oxygens (including phenoxy) is 1. The second-order valence-corrected chi connectivity index (χ2v) is 13.0. The van der Waals surface area contributed by atoms with Crippen LogP contribution in [0.25, 0.3) is 0 Å². The van der Waals surface area contributed by atoms with Crippen molar-refractivity contribution < 1.29 is 56.8 Å². The minimum absolute atomic E-state index is 0.214. The highest BCUT2D eigenvalue weighted by Crippen LogP contribution is 2.48. The van der Waals surface area contributed by atoms with Crippen LogP contribution in [0.4, 0.5) is 22.0 Å². The molecule has 0 spiro atoms. The van der Waals surface area contributed by atoms with E-state index in [0.29, 0.717) is 19.6 Å². The lowest BCUT2D eigenvalue weighted by Crippen LogP contribution is -2.46. The van der Waals surface area contributed by atoms with Crippen molar-refractivity contribution in [2.45, 2.75) is 22.1 Å². The van der Waals surface area contributed by atoms with Crippen LogP contribution >= 0.6 is 0 Å². The number of methoxy groups -OCH3 is 1. The zero-order valence-corrected chi connectivity index (χ0v) is 18.4. The Morgan fingerprint density at radius 1 is 1.03 bits per heavy atom. The topological polar surface area (TPSA) is 151 Å². The number of oxime groups is 1. The van der Waals surface area contributed by atoms with Gasteiger partial charge in [-0.3, -0.25) is 0 Å². The molecule has 0 aromatic carbocycles. The monoisotopic (exact) mass is 519 g/mol. The number of aromatic nitrogens is 2. The van der Waals surface area contributed by atoms with Crippen LogP contribution in [-0.2, 0) is 52.8 Å². The van der Waals surface area contributed by atoms with Crippen molar-refractivity contribution in [1.29, 1.82) is 0 Å². The maximum atomic E-state index is 15.0. The average Bonchev–Trinajstić information content (AvgIpc) is 3.15. The van der Waals surface area contributed by atoms with E-state index in [1.165, 1.54) is 0 Å². The third-order valence-corrected chi connectivity index (χ3v) is 10.4. The third-order valence-electron chi connectivity index (χ3n) is 4.18.